The minimum atomic E-state index is -0.578. The fraction of sp³-hybridized carbons (Fsp3) is 0.143. The molecule has 0 saturated carbocycles. The smallest absolute Gasteiger partial charge is 0.325 e. The van der Waals surface area contributed by atoms with E-state index in [0.29, 0.717) is 10.7 Å². The molecular formula is C14H11N3O4S2. The summed E-state index contributed by atoms with van der Waals surface area (Å²) in [6.07, 6.45) is 0. The molecule has 0 aliphatic carbocycles. The number of carbonyl (C=O) groups is 2. The fourth-order valence-electron chi connectivity index (χ4n) is 1.66. The Kier molecular flexibility index (Phi) is 4.79. The maximum Gasteiger partial charge on any atom is 0.325 e. The number of esters is 1. The van der Waals surface area contributed by atoms with Crippen LogP contribution in [-0.4, -0.2) is 28.6 Å². The molecule has 3 aromatic heterocycles. The second kappa shape index (κ2) is 7.16. The third-order valence-electron chi connectivity index (χ3n) is 2.70. The molecule has 0 saturated heterocycles. The highest BCUT2D eigenvalue weighted by molar-refractivity contribution is 7.13. The largest absolute Gasteiger partial charge is 0.454 e. The third kappa shape index (κ3) is 4.02. The number of thiophene rings is 2. The van der Waals surface area contributed by atoms with Gasteiger partial charge in [-0.25, -0.2) is 0 Å². The first-order valence-electron chi connectivity index (χ1n) is 6.56. The summed E-state index contributed by atoms with van der Waals surface area (Å²) in [4.78, 5) is 28.8. The van der Waals surface area contributed by atoms with Gasteiger partial charge in [-0.05, 0) is 22.9 Å². The number of aromatic nitrogens is 2. The van der Waals surface area contributed by atoms with Crippen LogP contribution in [0.3, 0.4) is 0 Å². The van der Waals surface area contributed by atoms with E-state index in [1.807, 2.05) is 17.5 Å². The lowest BCUT2D eigenvalue weighted by molar-refractivity contribution is -0.144. The van der Waals surface area contributed by atoms with E-state index in [9.17, 15) is 9.59 Å². The van der Waals surface area contributed by atoms with Gasteiger partial charge >= 0.3 is 5.97 Å². The summed E-state index contributed by atoms with van der Waals surface area (Å²) in [5.41, 5.74) is 0. The van der Waals surface area contributed by atoms with Crippen molar-refractivity contribution in [3.8, 4) is 10.7 Å². The van der Waals surface area contributed by atoms with Crippen molar-refractivity contribution in [2.24, 2.45) is 0 Å². The van der Waals surface area contributed by atoms with E-state index < -0.39 is 5.97 Å². The second-order valence-electron chi connectivity index (χ2n) is 4.31. The van der Waals surface area contributed by atoms with Crippen LogP contribution in [-0.2, 0) is 16.1 Å². The minimum Gasteiger partial charge on any atom is -0.454 e. The summed E-state index contributed by atoms with van der Waals surface area (Å²) >= 11 is 2.78. The van der Waals surface area contributed by atoms with Gasteiger partial charge in [-0.3, -0.25) is 9.59 Å². The molecule has 0 atom stereocenters. The molecule has 0 bridgehead atoms. The van der Waals surface area contributed by atoms with Gasteiger partial charge in [-0.1, -0.05) is 17.3 Å². The average Bonchev–Trinajstić information content (AvgIpc) is 3.32. The van der Waals surface area contributed by atoms with Crippen LogP contribution in [0.15, 0.2) is 39.5 Å². The summed E-state index contributed by atoms with van der Waals surface area (Å²) < 4.78 is 9.99. The molecule has 0 radical (unpaired) electrons. The Morgan fingerprint density at radius 1 is 1.22 bits per heavy atom. The van der Waals surface area contributed by atoms with Crippen LogP contribution in [0.1, 0.15) is 15.6 Å². The maximum absolute atomic E-state index is 11.7. The van der Waals surface area contributed by atoms with Crippen molar-refractivity contribution in [3.63, 3.8) is 0 Å². The lowest BCUT2D eigenvalue weighted by Crippen LogP contribution is -2.30. The normalized spacial score (nSPS) is 10.4. The zero-order valence-corrected chi connectivity index (χ0v) is 13.4. The van der Waals surface area contributed by atoms with Crippen LogP contribution < -0.4 is 5.32 Å². The van der Waals surface area contributed by atoms with E-state index in [1.54, 1.807) is 17.5 Å². The van der Waals surface area contributed by atoms with Crippen LogP contribution in [0.25, 0.3) is 10.7 Å². The number of hydrogen-bond acceptors (Lipinski definition) is 8. The summed E-state index contributed by atoms with van der Waals surface area (Å²) in [5, 5.41) is 9.98. The standard InChI is InChI=1S/C14H11N3O4S2/c18-12(7-15-14(19)10-4-2-6-23-10)20-8-11-16-13(17-21-11)9-3-1-5-22-9/h1-6H,7-8H2,(H,15,19). The van der Waals surface area contributed by atoms with Gasteiger partial charge in [0.05, 0.1) is 9.75 Å². The molecule has 3 heterocycles. The number of hydrogen-bond donors (Lipinski definition) is 1. The Bertz CT molecular complexity index is 781. The monoisotopic (exact) mass is 349 g/mol. The molecule has 0 aliphatic rings. The number of rotatable bonds is 6. The van der Waals surface area contributed by atoms with Gasteiger partial charge in [0.1, 0.15) is 6.54 Å². The first-order valence-corrected chi connectivity index (χ1v) is 8.32. The highest BCUT2D eigenvalue weighted by atomic mass is 32.1. The molecule has 0 fully saturated rings. The van der Waals surface area contributed by atoms with Crippen molar-refractivity contribution >= 4 is 34.6 Å². The van der Waals surface area contributed by atoms with E-state index in [-0.39, 0.29) is 24.9 Å². The summed E-state index contributed by atoms with van der Waals surface area (Å²) in [5.74, 6) is -0.233. The van der Waals surface area contributed by atoms with Gasteiger partial charge < -0.3 is 14.6 Å². The number of ether oxygens (including phenoxy) is 1. The van der Waals surface area contributed by atoms with Crippen LogP contribution in [0.5, 0.6) is 0 Å². The zero-order valence-electron chi connectivity index (χ0n) is 11.7. The minimum absolute atomic E-state index is 0.133. The SMILES string of the molecule is O=C(CNC(=O)c1cccs1)OCc1nc(-c2cccs2)no1. The summed E-state index contributed by atoms with van der Waals surface area (Å²) in [6, 6.07) is 7.19. The van der Waals surface area contributed by atoms with Crippen LogP contribution in [0.2, 0.25) is 0 Å². The van der Waals surface area contributed by atoms with E-state index in [4.69, 9.17) is 9.26 Å². The number of amides is 1. The van der Waals surface area contributed by atoms with Crippen LogP contribution >= 0.6 is 22.7 Å². The van der Waals surface area contributed by atoms with E-state index in [1.165, 1.54) is 22.7 Å². The molecule has 0 aromatic carbocycles. The molecular weight excluding hydrogens is 338 g/mol. The van der Waals surface area contributed by atoms with Crippen molar-refractivity contribution in [3.05, 3.63) is 45.8 Å². The van der Waals surface area contributed by atoms with Gasteiger partial charge in [0, 0.05) is 0 Å². The molecule has 0 spiro atoms. The van der Waals surface area contributed by atoms with Gasteiger partial charge in [0.2, 0.25) is 5.82 Å². The lowest BCUT2D eigenvalue weighted by atomic mass is 10.4. The first kappa shape index (κ1) is 15.4. The number of carbonyl (C=O) groups excluding carboxylic acids is 2. The predicted octanol–water partition coefficient (Wildman–Crippen LogP) is 2.33. The van der Waals surface area contributed by atoms with Gasteiger partial charge in [0.15, 0.2) is 6.61 Å². The van der Waals surface area contributed by atoms with Crippen molar-refractivity contribution in [1.82, 2.24) is 15.5 Å². The van der Waals surface area contributed by atoms with Crippen molar-refractivity contribution in [1.29, 1.82) is 0 Å². The fourth-order valence-corrected chi connectivity index (χ4v) is 2.95. The molecule has 3 aromatic rings. The second-order valence-corrected chi connectivity index (χ2v) is 6.21. The predicted molar refractivity (Wildman–Crippen MR) is 84.1 cm³/mol. The average molecular weight is 349 g/mol. The quantitative estimate of drug-likeness (QED) is 0.687. The molecule has 1 amide bonds. The Morgan fingerprint density at radius 2 is 2.04 bits per heavy atom. The van der Waals surface area contributed by atoms with E-state index >= 15 is 0 Å². The van der Waals surface area contributed by atoms with Gasteiger partial charge in [0.25, 0.3) is 11.8 Å². The lowest BCUT2D eigenvalue weighted by Gasteiger charge is -2.03. The summed E-state index contributed by atoms with van der Waals surface area (Å²) in [6.45, 7) is -0.352. The molecule has 0 aliphatic heterocycles. The van der Waals surface area contributed by atoms with Crippen molar-refractivity contribution < 1.29 is 18.8 Å². The molecule has 1 N–H and O–H groups in total. The molecule has 0 unspecified atom stereocenters. The molecule has 7 nitrogen and oxygen atoms in total. The topological polar surface area (TPSA) is 94.3 Å². The molecule has 9 heteroatoms. The van der Waals surface area contributed by atoms with Crippen LogP contribution in [0, 0.1) is 0 Å². The Morgan fingerprint density at radius 3 is 2.78 bits per heavy atom. The molecule has 3 rings (SSSR count). The van der Waals surface area contributed by atoms with Crippen molar-refractivity contribution in [2.75, 3.05) is 6.54 Å². The molecule has 118 valence electrons. The first-order chi connectivity index (χ1) is 11.2. The number of nitrogens with one attached hydrogen (secondary N) is 1. The Hall–Kier alpha value is -2.52. The van der Waals surface area contributed by atoms with Gasteiger partial charge in [-0.2, -0.15) is 4.98 Å². The summed E-state index contributed by atoms with van der Waals surface area (Å²) in [7, 11) is 0. The van der Waals surface area contributed by atoms with Gasteiger partial charge in [-0.15, -0.1) is 22.7 Å². The van der Waals surface area contributed by atoms with Crippen LogP contribution in [0.4, 0.5) is 0 Å². The zero-order chi connectivity index (χ0) is 16.1. The Labute approximate surface area is 138 Å². The Balaban J connectivity index is 1.45. The van der Waals surface area contributed by atoms with E-state index in [2.05, 4.69) is 15.5 Å². The van der Waals surface area contributed by atoms with E-state index in [0.717, 1.165) is 4.88 Å². The highest BCUT2D eigenvalue weighted by Gasteiger charge is 2.13. The number of nitrogens with zero attached hydrogens (tertiary/aromatic N) is 2. The maximum atomic E-state index is 11.7. The highest BCUT2D eigenvalue weighted by Crippen LogP contribution is 2.21. The third-order valence-corrected chi connectivity index (χ3v) is 4.44. The molecule has 23 heavy (non-hydrogen) atoms. The van der Waals surface area contributed by atoms with Crippen molar-refractivity contribution in [2.45, 2.75) is 6.61 Å².